The molecule has 0 aliphatic heterocycles. The molecule has 6 nitrogen and oxygen atoms in total. The number of allylic oxidation sites excluding steroid dienone is 4. The average molecular weight is 637 g/mol. The van der Waals surface area contributed by atoms with Crippen LogP contribution in [-0.2, 0) is 31.0 Å². The predicted molar refractivity (Wildman–Crippen MR) is 179 cm³/mol. The number of hydrogen-bond donors (Lipinski definition) is 0. The van der Waals surface area contributed by atoms with Crippen molar-refractivity contribution in [2.24, 2.45) is 39.1 Å². The second-order valence-corrected chi connectivity index (χ2v) is 17.2. The van der Waals surface area contributed by atoms with Crippen LogP contribution in [0.5, 0.6) is 0 Å². The number of nitrogens with zero attached hydrogens (tertiary/aromatic N) is 2. The smallest absolute Gasteiger partial charge is 0.188 e. The van der Waals surface area contributed by atoms with Crippen LogP contribution in [0.25, 0.3) is 21.0 Å². The van der Waals surface area contributed by atoms with Gasteiger partial charge in [-0.25, -0.2) is 9.98 Å². The molecule has 0 radical (unpaired) electrons. The molecule has 0 bridgehead atoms. The minimum absolute atomic E-state index is 0.0461. The maximum Gasteiger partial charge on any atom is 0.188 e. The molecule has 45 heavy (non-hydrogen) atoms. The first-order valence-electron chi connectivity index (χ1n) is 16.6. The maximum atomic E-state index is 13.2. The van der Waals surface area contributed by atoms with Crippen molar-refractivity contribution >= 4 is 78.3 Å². The van der Waals surface area contributed by atoms with E-state index in [9.17, 15) is 19.2 Å². The summed E-state index contributed by atoms with van der Waals surface area (Å²) >= 11 is 3.62. The van der Waals surface area contributed by atoms with Crippen LogP contribution in [0, 0.1) is 29.1 Å². The Morgan fingerprint density at radius 1 is 0.644 bits per heavy atom. The van der Waals surface area contributed by atoms with E-state index >= 15 is 0 Å². The summed E-state index contributed by atoms with van der Waals surface area (Å²) in [6.07, 6.45) is 12.3. The topological polar surface area (TPSA) is 93.0 Å². The lowest BCUT2D eigenvalue weighted by Crippen LogP contribution is -2.21. The Balaban J connectivity index is 1.04. The third-order valence-corrected chi connectivity index (χ3v) is 14.5. The van der Waals surface area contributed by atoms with E-state index in [4.69, 9.17) is 9.98 Å². The summed E-state index contributed by atoms with van der Waals surface area (Å²) in [4.78, 5) is 65.1. The minimum atomic E-state index is -0.425. The Labute approximate surface area is 270 Å². The van der Waals surface area contributed by atoms with Crippen LogP contribution in [0.2, 0.25) is 0 Å². The molecule has 0 N–H and O–H groups in total. The number of aliphatic imine (C=N–C) groups is 2. The lowest BCUT2D eigenvalue weighted by molar-refractivity contribution is -0.120. The molecule has 2 heterocycles. The van der Waals surface area contributed by atoms with E-state index in [-0.39, 0.29) is 58.2 Å². The third-order valence-electron chi connectivity index (χ3n) is 11.9. The van der Waals surface area contributed by atoms with Gasteiger partial charge in [-0.3, -0.25) is 19.2 Å². The zero-order chi connectivity index (χ0) is 31.2. The molecule has 0 saturated heterocycles. The quantitative estimate of drug-likeness (QED) is 0.339. The van der Waals surface area contributed by atoms with E-state index < -0.39 is 10.8 Å². The minimum Gasteiger partial charge on any atom is -0.292 e. The Morgan fingerprint density at radius 3 is 1.64 bits per heavy atom. The molecule has 7 aliphatic rings. The molecule has 8 heteroatoms. The summed E-state index contributed by atoms with van der Waals surface area (Å²) < 4.78 is 2.58. The van der Waals surface area contributed by atoms with Crippen LogP contribution in [0.1, 0.15) is 99.9 Å². The molecule has 9 rings (SSSR count). The van der Waals surface area contributed by atoms with E-state index in [1.807, 2.05) is 11.3 Å². The Kier molecular flexibility index (Phi) is 5.79. The van der Waals surface area contributed by atoms with Gasteiger partial charge in [-0.1, -0.05) is 53.4 Å². The van der Waals surface area contributed by atoms with Crippen molar-refractivity contribution < 1.29 is 19.2 Å². The van der Waals surface area contributed by atoms with Gasteiger partial charge in [0.1, 0.15) is 11.4 Å². The van der Waals surface area contributed by atoms with Crippen molar-refractivity contribution in [3.8, 4) is 0 Å². The second kappa shape index (κ2) is 9.25. The van der Waals surface area contributed by atoms with E-state index in [1.165, 1.54) is 41.4 Å². The van der Waals surface area contributed by atoms with Crippen molar-refractivity contribution in [2.75, 3.05) is 0 Å². The number of rotatable bonds is 2. The lowest BCUT2D eigenvalue weighted by atomic mass is 9.81. The summed E-state index contributed by atoms with van der Waals surface area (Å²) in [5.41, 5.74) is 6.25. The summed E-state index contributed by atoms with van der Waals surface area (Å²) in [6, 6.07) is 0. The summed E-state index contributed by atoms with van der Waals surface area (Å²) in [5.74, 6) is -0.886. The maximum absolute atomic E-state index is 13.2. The van der Waals surface area contributed by atoms with E-state index in [0.717, 1.165) is 69.2 Å². The average Bonchev–Trinajstić information content (AvgIpc) is 3.83. The first kappa shape index (κ1) is 28.1. The first-order chi connectivity index (χ1) is 21.5. The van der Waals surface area contributed by atoms with Crippen molar-refractivity contribution in [3.63, 3.8) is 0 Å². The van der Waals surface area contributed by atoms with Gasteiger partial charge in [-0.2, -0.15) is 0 Å². The van der Waals surface area contributed by atoms with Crippen LogP contribution in [0.4, 0.5) is 0 Å². The normalized spacial score (nSPS) is 30.9. The number of hydrogen-bond acceptors (Lipinski definition) is 8. The van der Waals surface area contributed by atoms with Crippen molar-refractivity contribution in [3.05, 3.63) is 43.9 Å². The molecule has 4 atom stereocenters. The summed E-state index contributed by atoms with van der Waals surface area (Å²) in [6.45, 7) is 8.66. The highest BCUT2D eigenvalue weighted by Gasteiger charge is 2.51. The Morgan fingerprint density at radius 2 is 1.13 bits per heavy atom. The van der Waals surface area contributed by atoms with Gasteiger partial charge in [0.05, 0.1) is 20.8 Å². The van der Waals surface area contributed by atoms with Gasteiger partial charge in [-0.15, -0.1) is 22.7 Å². The molecule has 2 aromatic rings. The highest BCUT2D eigenvalue weighted by Crippen LogP contribution is 2.61. The lowest BCUT2D eigenvalue weighted by Gasteiger charge is -2.24. The molecular weight excluding hydrogens is 601 g/mol. The van der Waals surface area contributed by atoms with E-state index in [0.29, 0.717) is 0 Å². The van der Waals surface area contributed by atoms with Gasteiger partial charge >= 0.3 is 0 Å². The fourth-order valence-electron chi connectivity index (χ4n) is 9.46. The highest BCUT2D eigenvalue weighted by molar-refractivity contribution is 7.29. The van der Waals surface area contributed by atoms with Crippen LogP contribution in [0.3, 0.4) is 0 Å². The molecule has 0 spiro atoms. The van der Waals surface area contributed by atoms with Gasteiger partial charge in [-0.05, 0) is 60.1 Å². The zero-order valence-electron chi connectivity index (χ0n) is 26.2. The van der Waals surface area contributed by atoms with Crippen molar-refractivity contribution in [1.82, 2.24) is 0 Å². The standard InChI is InChI=1S/C37H36N2O4S2/c1-36(2)23(38-27-29(40)17-9-5-6-10-18(17)30(27)41)14-16-13-21-33(25(16)36)45-35-26-22(44-34(21)35)15-24(37(26,3)4)39-28-31(42)19-11-7-8-12-20(19)32(28)43/h14-15,17-20H,5-13H2,1-4H3. The fourth-order valence-corrected chi connectivity index (χ4v) is 12.9. The largest absolute Gasteiger partial charge is 0.292 e. The van der Waals surface area contributed by atoms with Crippen LogP contribution >= 0.6 is 22.7 Å². The van der Waals surface area contributed by atoms with Gasteiger partial charge in [0.25, 0.3) is 0 Å². The molecular formula is C37H36N2O4S2. The van der Waals surface area contributed by atoms with Crippen LogP contribution in [0.15, 0.2) is 33.0 Å². The van der Waals surface area contributed by atoms with Crippen LogP contribution < -0.4 is 0 Å². The van der Waals surface area contributed by atoms with Crippen LogP contribution in [-0.4, -0.2) is 34.6 Å². The third kappa shape index (κ3) is 3.61. The number of fused-ring (bicyclic) bond motifs is 8. The molecule has 4 unspecified atom stereocenters. The summed E-state index contributed by atoms with van der Waals surface area (Å²) in [7, 11) is 0. The first-order valence-corrected chi connectivity index (χ1v) is 18.2. The van der Waals surface area contributed by atoms with E-state index in [1.54, 1.807) is 11.3 Å². The molecule has 4 fully saturated rings. The van der Waals surface area contributed by atoms with Gasteiger partial charge in [0.15, 0.2) is 23.1 Å². The highest BCUT2D eigenvalue weighted by atomic mass is 32.1. The van der Waals surface area contributed by atoms with Gasteiger partial charge in [0.2, 0.25) is 0 Å². The number of ketones is 4. The number of thiophene rings is 2. The fraction of sp³-hybridized carbons (Fsp3) is 0.514. The SMILES string of the molecule is CC1(C)C(N=C2C(=O)C3CCCCC3C2=O)=CC2=C1c1sc3c4c(sc3c1C2)C=C(N=C1C(=O)C2CCCCC2C1=O)C4(C)C. The summed E-state index contributed by atoms with van der Waals surface area (Å²) in [5, 5.41) is 0. The molecule has 2 aromatic heterocycles. The molecule has 4 saturated carbocycles. The number of carbonyl (C=O) groups is 4. The molecule has 7 aliphatic carbocycles. The zero-order valence-corrected chi connectivity index (χ0v) is 27.8. The molecule has 0 amide bonds. The molecule has 0 aromatic carbocycles. The van der Waals surface area contributed by atoms with Crippen molar-refractivity contribution in [1.29, 1.82) is 0 Å². The van der Waals surface area contributed by atoms with Gasteiger partial charge in [0, 0.05) is 50.7 Å². The predicted octanol–water partition coefficient (Wildman–Crippen LogP) is 7.63. The number of Topliss-reactive ketones (excluding diaryl/α,β-unsaturated/α-hetero) is 4. The van der Waals surface area contributed by atoms with E-state index in [2.05, 4.69) is 39.8 Å². The van der Waals surface area contributed by atoms with Crippen molar-refractivity contribution in [2.45, 2.75) is 90.9 Å². The Bertz CT molecular complexity index is 1940. The second-order valence-electron chi connectivity index (χ2n) is 15.2. The number of carbonyl (C=O) groups excluding carboxylic acids is 4. The Hall–Kier alpha value is -3.10. The molecule has 230 valence electrons. The monoisotopic (exact) mass is 636 g/mol. The van der Waals surface area contributed by atoms with Gasteiger partial charge < -0.3 is 0 Å².